The molecule has 2 N–H and O–H groups in total. The number of carbonyl (C=O) groups is 3. The van der Waals surface area contributed by atoms with E-state index < -0.39 is 6.10 Å². The maximum absolute atomic E-state index is 13.3. The number of methoxy groups -OCH3 is 1. The Labute approximate surface area is 208 Å². The molecule has 0 spiro atoms. The topological polar surface area (TPSA) is 106 Å². The van der Waals surface area contributed by atoms with Crippen molar-refractivity contribution in [3.8, 4) is 5.75 Å². The molecular weight excluding hydrogens is 469 g/mol. The maximum atomic E-state index is 13.3. The monoisotopic (exact) mass is 499 g/mol. The fraction of sp³-hybridized carbons (Fsp3) is 0.423. The van der Waals surface area contributed by atoms with E-state index in [0.29, 0.717) is 35.4 Å². The van der Waals surface area contributed by atoms with Crippen molar-refractivity contribution in [1.29, 1.82) is 0 Å². The van der Waals surface area contributed by atoms with Crippen molar-refractivity contribution >= 4 is 23.4 Å². The first-order valence-electron chi connectivity index (χ1n) is 11.8. The van der Waals surface area contributed by atoms with E-state index in [4.69, 9.17) is 14.2 Å². The predicted octanol–water partition coefficient (Wildman–Crippen LogP) is 2.50. The summed E-state index contributed by atoms with van der Waals surface area (Å²) >= 11 is 0. The van der Waals surface area contributed by atoms with Crippen LogP contribution < -0.4 is 15.4 Å². The molecule has 9 nitrogen and oxygen atoms in total. The zero-order chi connectivity index (χ0) is 25.7. The normalized spacial score (nSPS) is 21.4. The van der Waals surface area contributed by atoms with Gasteiger partial charge in [-0.1, -0.05) is 12.1 Å². The molecular formula is C26H30FN3O6. The molecule has 2 aromatic carbocycles. The molecule has 0 saturated carbocycles. The van der Waals surface area contributed by atoms with Crippen LogP contribution in [0.25, 0.3) is 0 Å². The number of benzene rings is 2. The largest absolute Gasteiger partial charge is 0.490 e. The van der Waals surface area contributed by atoms with Crippen molar-refractivity contribution in [3.05, 3.63) is 59.4 Å². The quantitative estimate of drug-likeness (QED) is 0.607. The summed E-state index contributed by atoms with van der Waals surface area (Å²) in [4.78, 5) is 39.2. The molecule has 2 aromatic rings. The summed E-state index contributed by atoms with van der Waals surface area (Å²) in [7, 11) is 3.15. The minimum atomic E-state index is -0.400. The van der Waals surface area contributed by atoms with E-state index in [-0.39, 0.29) is 61.9 Å². The molecule has 1 fully saturated rings. The van der Waals surface area contributed by atoms with Crippen LogP contribution in [-0.4, -0.2) is 68.2 Å². The van der Waals surface area contributed by atoms with E-state index >= 15 is 0 Å². The van der Waals surface area contributed by atoms with Gasteiger partial charge in [0.05, 0.1) is 24.1 Å². The van der Waals surface area contributed by atoms with Crippen LogP contribution in [0.15, 0.2) is 42.5 Å². The van der Waals surface area contributed by atoms with Gasteiger partial charge in [-0.05, 0) is 48.7 Å². The first-order chi connectivity index (χ1) is 17.3. The van der Waals surface area contributed by atoms with E-state index in [1.807, 2.05) is 0 Å². The van der Waals surface area contributed by atoms with Gasteiger partial charge >= 0.3 is 0 Å². The summed E-state index contributed by atoms with van der Waals surface area (Å²) in [6, 6.07) is 10.8. The third-order valence-electron chi connectivity index (χ3n) is 6.36. The SMILES string of the molecule is COCC(=O)Nc1ccc2c(c1)C(=O)N(C)[C@H]1CC[C@H](CC(=O)NCc3cccc(F)c3)O[C@@H]1CO2. The van der Waals surface area contributed by atoms with Crippen molar-refractivity contribution in [2.75, 3.05) is 32.7 Å². The zero-order valence-corrected chi connectivity index (χ0v) is 20.3. The number of hydrogen-bond donors (Lipinski definition) is 2. The number of carbonyl (C=O) groups excluding carboxylic acids is 3. The molecule has 0 aromatic heterocycles. The summed E-state index contributed by atoms with van der Waals surface area (Å²) in [5, 5.41) is 5.50. The number of rotatable bonds is 7. The number of fused-ring (bicyclic) bond motifs is 2. The highest BCUT2D eigenvalue weighted by Gasteiger charge is 2.39. The van der Waals surface area contributed by atoms with Crippen molar-refractivity contribution in [1.82, 2.24) is 10.2 Å². The molecule has 10 heteroatoms. The number of halogens is 1. The van der Waals surface area contributed by atoms with Gasteiger partial charge in [0.2, 0.25) is 11.8 Å². The van der Waals surface area contributed by atoms with Gasteiger partial charge in [-0.2, -0.15) is 0 Å². The number of nitrogens with zero attached hydrogens (tertiary/aromatic N) is 1. The van der Waals surface area contributed by atoms with Gasteiger partial charge in [0.15, 0.2) is 0 Å². The number of anilines is 1. The molecule has 0 bridgehead atoms. The van der Waals surface area contributed by atoms with Crippen LogP contribution in [-0.2, 0) is 25.6 Å². The Bertz CT molecular complexity index is 1130. The fourth-order valence-electron chi connectivity index (χ4n) is 4.56. The summed E-state index contributed by atoms with van der Waals surface area (Å²) in [6.07, 6.45) is 0.701. The number of ether oxygens (including phenoxy) is 3. The molecule has 2 heterocycles. The highest BCUT2D eigenvalue weighted by molar-refractivity contribution is 6.00. The van der Waals surface area contributed by atoms with Gasteiger partial charge in [0.25, 0.3) is 5.91 Å². The molecule has 192 valence electrons. The molecule has 0 unspecified atom stereocenters. The first kappa shape index (κ1) is 25.6. The van der Waals surface area contributed by atoms with Crippen LogP contribution in [0.1, 0.15) is 35.2 Å². The highest BCUT2D eigenvalue weighted by atomic mass is 19.1. The second kappa shape index (κ2) is 11.5. The predicted molar refractivity (Wildman–Crippen MR) is 129 cm³/mol. The lowest BCUT2D eigenvalue weighted by Gasteiger charge is -2.42. The molecule has 3 amide bonds. The van der Waals surface area contributed by atoms with Gasteiger partial charge in [0.1, 0.15) is 30.9 Å². The van der Waals surface area contributed by atoms with E-state index in [1.165, 1.54) is 19.2 Å². The summed E-state index contributed by atoms with van der Waals surface area (Å²) < 4.78 is 30.3. The van der Waals surface area contributed by atoms with E-state index in [9.17, 15) is 18.8 Å². The van der Waals surface area contributed by atoms with Crippen molar-refractivity contribution in [3.63, 3.8) is 0 Å². The third kappa shape index (κ3) is 6.19. The number of hydrogen-bond acceptors (Lipinski definition) is 6. The molecule has 3 atom stereocenters. The van der Waals surface area contributed by atoms with Gasteiger partial charge < -0.3 is 29.7 Å². The number of amides is 3. The smallest absolute Gasteiger partial charge is 0.257 e. The summed E-state index contributed by atoms with van der Waals surface area (Å²) in [6.45, 7) is 0.360. The zero-order valence-electron chi connectivity index (χ0n) is 20.3. The van der Waals surface area contributed by atoms with Crippen LogP contribution in [0.2, 0.25) is 0 Å². The molecule has 4 rings (SSSR count). The Balaban J connectivity index is 1.37. The van der Waals surface area contributed by atoms with Crippen LogP contribution in [0.4, 0.5) is 10.1 Å². The Morgan fingerprint density at radius 2 is 2.00 bits per heavy atom. The lowest BCUT2D eigenvalue weighted by molar-refractivity contribution is -0.134. The molecule has 1 saturated heterocycles. The molecule has 0 aliphatic carbocycles. The van der Waals surface area contributed by atoms with Crippen molar-refractivity contribution < 1.29 is 33.0 Å². The van der Waals surface area contributed by atoms with Gasteiger partial charge in [-0.25, -0.2) is 4.39 Å². The van der Waals surface area contributed by atoms with Gasteiger partial charge in [-0.15, -0.1) is 0 Å². The van der Waals surface area contributed by atoms with E-state index in [0.717, 1.165) is 0 Å². The summed E-state index contributed by atoms with van der Waals surface area (Å²) in [5.41, 5.74) is 1.51. The minimum Gasteiger partial charge on any atom is -0.490 e. The number of likely N-dealkylation sites (N-methyl/N-ethyl adjacent to an activating group) is 1. The lowest BCUT2D eigenvalue weighted by Crippen LogP contribution is -2.53. The molecule has 0 radical (unpaired) electrons. The maximum Gasteiger partial charge on any atom is 0.257 e. The Morgan fingerprint density at radius 1 is 1.17 bits per heavy atom. The van der Waals surface area contributed by atoms with Crippen LogP contribution >= 0.6 is 0 Å². The second-order valence-electron chi connectivity index (χ2n) is 8.97. The average Bonchev–Trinajstić information content (AvgIpc) is 2.85. The standard InChI is InChI=1S/C26H30FN3O6/c1-30-21-8-7-19(12-24(31)28-13-16-4-3-5-17(27)10-16)36-23(21)14-35-22-9-6-18(11-20(22)26(30)33)29-25(32)15-34-2/h3-6,9-11,19,21,23H,7-8,12-15H2,1-2H3,(H,28,31)(H,29,32)/t19-,21+,23-/m1/s1. The van der Waals surface area contributed by atoms with Crippen LogP contribution in [0, 0.1) is 5.82 Å². The fourth-order valence-corrected chi connectivity index (χ4v) is 4.56. The Kier molecular flexibility index (Phi) is 8.17. The first-order valence-corrected chi connectivity index (χ1v) is 11.8. The second-order valence-corrected chi connectivity index (χ2v) is 8.97. The lowest BCUT2D eigenvalue weighted by atomic mass is 9.94. The third-order valence-corrected chi connectivity index (χ3v) is 6.36. The molecule has 36 heavy (non-hydrogen) atoms. The summed E-state index contributed by atoms with van der Waals surface area (Å²) in [5.74, 6) is -0.699. The van der Waals surface area contributed by atoms with Gasteiger partial charge in [0, 0.05) is 26.4 Å². The molecule has 2 aliphatic rings. The molecule has 2 aliphatic heterocycles. The average molecular weight is 500 g/mol. The van der Waals surface area contributed by atoms with Crippen LogP contribution in [0.3, 0.4) is 0 Å². The van der Waals surface area contributed by atoms with Crippen LogP contribution in [0.5, 0.6) is 5.75 Å². The van der Waals surface area contributed by atoms with Crippen molar-refractivity contribution in [2.24, 2.45) is 0 Å². The minimum absolute atomic E-state index is 0.0908. The number of nitrogens with one attached hydrogen (secondary N) is 2. The Morgan fingerprint density at radius 3 is 2.78 bits per heavy atom. The Hall–Kier alpha value is -3.50. The van der Waals surface area contributed by atoms with E-state index in [2.05, 4.69) is 10.6 Å². The van der Waals surface area contributed by atoms with Gasteiger partial charge in [-0.3, -0.25) is 14.4 Å². The van der Waals surface area contributed by atoms with E-state index in [1.54, 1.807) is 42.3 Å². The highest BCUT2D eigenvalue weighted by Crippen LogP contribution is 2.32. The van der Waals surface area contributed by atoms with Crippen molar-refractivity contribution in [2.45, 2.75) is 44.1 Å².